The second kappa shape index (κ2) is 3.18. The van der Waals surface area contributed by atoms with Gasteiger partial charge in [-0.25, -0.2) is 8.42 Å². The largest absolute Gasteiger partial charge is 0.261 e. The molecular formula is C8H6ClNO2S2. The van der Waals surface area contributed by atoms with Crippen LogP contribution in [0.5, 0.6) is 0 Å². The molecule has 0 saturated heterocycles. The normalized spacial score (nSPS) is 12.1. The van der Waals surface area contributed by atoms with Gasteiger partial charge in [-0.1, -0.05) is 0 Å². The topological polar surface area (TPSA) is 47.0 Å². The van der Waals surface area contributed by atoms with E-state index in [1.165, 1.54) is 17.6 Å². The highest BCUT2D eigenvalue weighted by Gasteiger charge is 2.11. The lowest BCUT2D eigenvalue weighted by Gasteiger charge is -1.95. The lowest BCUT2D eigenvalue weighted by Crippen LogP contribution is -1.89. The molecule has 0 bridgehead atoms. The van der Waals surface area contributed by atoms with Gasteiger partial charge in [-0.2, -0.15) is 4.37 Å². The second-order valence-corrected chi connectivity index (χ2v) is 6.23. The Bertz CT molecular complexity index is 588. The molecule has 74 valence electrons. The van der Waals surface area contributed by atoms with Crippen LogP contribution in [0.4, 0.5) is 0 Å². The predicted octanol–water partition coefficient (Wildman–Crippen LogP) is 2.53. The summed E-state index contributed by atoms with van der Waals surface area (Å²) in [7, 11) is 1.59. The van der Waals surface area contributed by atoms with E-state index in [9.17, 15) is 8.42 Å². The highest BCUT2D eigenvalue weighted by molar-refractivity contribution is 8.13. The van der Waals surface area contributed by atoms with Crippen molar-refractivity contribution in [1.29, 1.82) is 0 Å². The lowest BCUT2D eigenvalue weighted by molar-refractivity contribution is 0.609. The van der Waals surface area contributed by atoms with E-state index in [0.29, 0.717) is 0 Å². The number of hydrogen-bond acceptors (Lipinski definition) is 4. The Morgan fingerprint density at radius 1 is 1.43 bits per heavy atom. The second-order valence-electron chi connectivity index (χ2n) is 2.86. The molecule has 0 radical (unpaired) electrons. The summed E-state index contributed by atoms with van der Waals surface area (Å²) in [6.07, 6.45) is 0. The van der Waals surface area contributed by atoms with E-state index in [4.69, 9.17) is 10.7 Å². The molecule has 2 aromatic rings. The van der Waals surface area contributed by atoms with Crippen LogP contribution in [0, 0.1) is 6.92 Å². The van der Waals surface area contributed by atoms with E-state index in [0.717, 1.165) is 15.8 Å². The molecule has 1 aromatic carbocycles. The zero-order valence-corrected chi connectivity index (χ0v) is 9.58. The van der Waals surface area contributed by atoms with Crippen LogP contribution in [0.25, 0.3) is 10.1 Å². The third-order valence-electron chi connectivity index (χ3n) is 1.90. The Labute approximate surface area is 89.9 Å². The number of halogens is 1. The van der Waals surface area contributed by atoms with Gasteiger partial charge in [0, 0.05) is 16.1 Å². The maximum atomic E-state index is 11.1. The Balaban J connectivity index is 2.79. The van der Waals surface area contributed by atoms with E-state index < -0.39 is 9.05 Å². The molecule has 0 amide bonds. The molecule has 0 aliphatic rings. The van der Waals surface area contributed by atoms with Gasteiger partial charge >= 0.3 is 0 Å². The number of rotatable bonds is 1. The fourth-order valence-corrected chi connectivity index (χ4v) is 2.73. The van der Waals surface area contributed by atoms with Crippen LogP contribution in [-0.2, 0) is 9.05 Å². The number of hydrogen-bond donors (Lipinski definition) is 0. The third-order valence-corrected chi connectivity index (χ3v) is 4.17. The van der Waals surface area contributed by atoms with Crippen LogP contribution in [0.15, 0.2) is 23.1 Å². The maximum Gasteiger partial charge on any atom is 0.261 e. The van der Waals surface area contributed by atoms with Crippen LogP contribution in [0.2, 0.25) is 0 Å². The van der Waals surface area contributed by atoms with Crippen LogP contribution >= 0.6 is 22.2 Å². The number of nitrogens with zero attached hydrogens (tertiary/aromatic N) is 1. The first-order valence-corrected chi connectivity index (χ1v) is 6.87. The molecule has 0 aliphatic carbocycles. The first-order valence-electron chi connectivity index (χ1n) is 3.79. The predicted molar refractivity (Wildman–Crippen MR) is 57.4 cm³/mol. The lowest BCUT2D eigenvalue weighted by atomic mass is 10.2. The van der Waals surface area contributed by atoms with Gasteiger partial charge in [0.25, 0.3) is 9.05 Å². The molecule has 2 rings (SSSR count). The van der Waals surface area contributed by atoms with Crippen molar-refractivity contribution in [3.63, 3.8) is 0 Å². The van der Waals surface area contributed by atoms with Crippen molar-refractivity contribution < 1.29 is 8.42 Å². The van der Waals surface area contributed by atoms with Gasteiger partial charge in [-0.3, -0.25) is 0 Å². The van der Waals surface area contributed by atoms with Gasteiger partial charge in [0.05, 0.1) is 15.3 Å². The highest BCUT2D eigenvalue weighted by Crippen LogP contribution is 2.26. The fourth-order valence-electron chi connectivity index (χ4n) is 1.19. The minimum atomic E-state index is -3.64. The van der Waals surface area contributed by atoms with E-state index in [-0.39, 0.29) is 4.90 Å². The Hall–Kier alpha value is -0.650. The molecule has 0 fully saturated rings. The molecule has 6 heteroatoms. The summed E-state index contributed by atoms with van der Waals surface area (Å²) in [4.78, 5) is 0.120. The minimum Gasteiger partial charge on any atom is -0.207 e. The molecule has 0 atom stereocenters. The summed E-state index contributed by atoms with van der Waals surface area (Å²) in [6, 6.07) is 4.76. The average Bonchev–Trinajstić information content (AvgIpc) is 2.46. The van der Waals surface area contributed by atoms with Gasteiger partial charge in [-0.15, -0.1) is 0 Å². The van der Waals surface area contributed by atoms with E-state index >= 15 is 0 Å². The summed E-state index contributed by atoms with van der Waals surface area (Å²) < 4.78 is 27.2. The summed E-state index contributed by atoms with van der Waals surface area (Å²) in [5, 5.41) is 0.844. The van der Waals surface area contributed by atoms with Gasteiger partial charge in [0.1, 0.15) is 0 Å². The monoisotopic (exact) mass is 247 g/mol. The standard InChI is InChI=1S/C8H6ClNO2S2/c1-5-7-4-6(14(9,11)12)2-3-8(7)13-10-5/h2-4H,1H3. The van der Waals surface area contributed by atoms with E-state index in [1.807, 2.05) is 6.92 Å². The molecule has 14 heavy (non-hydrogen) atoms. The fraction of sp³-hybridized carbons (Fsp3) is 0.125. The van der Waals surface area contributed by atoms with Crippen molar-refractivity contribution >= 4 is 41.4 Å². The number of aromatic nitrogens is 1. The minimum absolute atomic E-state index is 0.120. The van der Waals surface area contributed by atoms with Gasteiger partial charge < -0.3 is 0 Å². The van der Waals surface area contributed by atoms with Gasteiger partial charge in [-0.05, 0) is 36.7 Å². The maximum absolute atomic E-state index is 11.1. The Morgan fingerprint density at radius 2 is 2.14 bits per heavy atom. The van der Waals surface area contributed by atoms with Crippen LogP contribution in [0.3, 0.4) is 0 Å². The van der Waals surface area contributed by atoms with Crippen molar-refractivity contribution in [3.8, 4) is 0 Å². The molecule has 1 aromatic heterocycles. The molecule has 0 N–H and O–H groups in total. The van der Waals surface area contributed by atoms with Crippen molar-refractivity contribution in [1.82, 2.24) is 4.37 Å². The van der Waals surface area contributed by atoms with E-state index in [1.54, 1.807) is 12.1 Å². The molecule has 0 saturated carbocycles. The van der Waals surface area contributed by atoms with E-state index in [2.05, 4.69) is 4.37 Å². The summed E-state index contributed by atoms with van der Waals surface area (Å²) in [5.41, 5.74) is 0.826. The van der Waals surface area contributed by atoms with Crippen molar-refractivity contribution in [2.45, 2.75) is 11.8 Å². The average molecular weight is 248 g/mol. The van der Waals surface area contributed by atoms with Crippen molar-refractivity contribution in [3.05, 3.63) is 23.9 Å². The van der Waals surface area contributed by atoms with Crippen molar-refractivity contribution in [2.24, 2.45) is 0 Å². The zero-order valence-electron chi connectivity index (χ0n) is 7.19. The van der Waals surface area contributed by atoms with Gasteiger partial charge in [0.15, 0.2) is 0 Å². The first kappa shape index (κ1) is 9.89. The number of fused-ring (bicyclic) bond motifs is 1. The Kier molecular flexibility index (Phi) is 2.25. The number of benzene rings is 1. The summed E-state index contributed by atoms with van der Waals surface area (Å²) in [6.45, 7) is 1.84. The van der Waals surface area contributed by atoms with Crippen LogP contribution < -0.4 is 0 Å². The zero-order chi connectivity index (χ0) is 10.3. The third kappa shape index (κ3) is 1.63. The highest BCUT2D eigenvalue weighted by atomic mass is 35.7. The summed E-state index contributed by atoms with van der Waals surface area (Å²) >= 11 is 1.35. The van der Waals surface area contributed by atoms with Gasteiger partial charge in [0.2, 0.25) is 0 Å². The van der Waals surface area contributed by atoms with Crippen molar-refractivity contribution in [2.75, 3.05) is 0 Å². The number of aryl methyl sites for hydroxylation is 1. The summed E-state index contributed by atoms with van der Waals surface area (Å²) in [5.74, 6) is 0. The molecule has 0 aliphatic heterocycles. The molecule has 1 heterocycles. The molecule has 3 nitrogen and oxygen atoms in total. The Morgan fingerprint density at radius 3 is 2.79 bits per heavy atom. The molecule has 0 unspecified atom stereocenters. The quantitative estimate of drug-likeness (QED) is 0.728. The smallest absolute Gasteiger partial charge is 0.207 e. The molecule has 0 spiro atoms. The first-order chi connectivity index (χ1) is 6.48. The van der Waals surface area contributed by atoms with Crippen LogP contribution in [-0.4, -0.2) is 12.8 Å². The van der Waals surface area contributed by atoms with Crippen LogP contribution in [0.1, 0.15) is 5.69 Å². The SMILES string of the molecule is Cc1nsc2ccc(S(=O)(=O)Cl)cc12. The molecular weight excluding hydrogens is 242 g/mol.